The summed E-state index contributed by atoms with van der Waals surface area (Å²) in [6.45, 7) is 6.10. The van der Waals surface area contributed by atoms with Crippen LogP contribution in [0.1, 0.15) is 33.6 Å². The maximum Gasteiger partial charge on any atom is 0.279 e. The number of amides is 2. The number of rotatable bonds is 9. The smallest absolute Gasteiger partial charge is 0.279 e. The lowest BCUT2D eigenvalue weighted by Gasteiger charge is -2.17. The molecule has 146 valence electrons. The van der Waals surface area contributed by atoms with Gasteiger partial charge in [-0.05, 0) is 37.8 Å². The first-order valence-corrected chi connectivity index (χ1v) is 8.64. The first-order chi connectivity index (χ1) is 12.1. The van der Waals surface area contributed by atoms with Gasteiger partial charge in [-0.3, -0.25) is 9.59 Å². The van der Waals surface area contributed by atoms with E-state index in [1.54, 1.807) is 7.05 Å². The fourth-order valence-electron chi connectivity index (χ4n) is 2.41. The first kappa shape index (κ1) is 22.0. The number of quaternary nitrogens is 1. The molecule has 2 atom stereocenters. The van der Waals surface area contributed by atoms with Gasteiger partial charge in [-0.2, -0.15) is 0 Å². The van der Waals surface area contributed by atoms with E-state index < -0.39 is 29.0 Å². The molecule has 8 heteroatoms. The summed E-state index contributed by atoms with van der Waals surface area (Å²) in [6.07, 6.45) is 1.88. The Labute approximate surface area is 151 Å². The average Bonchev–Trinajstić information content (AvgIpc) is 2.53. The molecule has 26 heavy (non-hydrogen) atoms. The van der Waals surface area contributed by atoms with Crippen molar-refractivity contribution in [2.24, 2.45) is 5.92 Å². The molecule has 0 aliphatic rings. The number of hydrogen-bond donors (Lipinski definition) is 3. The third-order valence-electron chi connectivity index (χ3n) is 3.82. The highest BCUT2D eigenvalue weighted by Crippen LogP contribution is 2.19. The van der Waals surface area contributed by atoms with Gasteiger partial charge in [0.25, 0.3) is 11.8 Å². The Morgan fingerprint density at radius 1 is 1.00 bits per heavy atom. The fourth-order valence-corrected chi connectivity index (χ4v) is 2.41. The molecule has 3 N–H and O–H groups in total. The second kappa shape index (κ2) is 10.2. The van der Waals surface area contributed by atoms with Crippen LogP contribution in [0.2, 0.25) is 0 Å². The molecule has 0 saturated carbocycles. The van der Waals surface area contributed by atoms with Gasteiger partial charge in [0.15, 0.2) is 30.5 Å². The topological polar surface area (TPSA) is 62.6 Å². The van der Waals surface area contributed by atoms with Crippen LogP contribution in [0.5, 0.6) is 0 Å². The summed E-state index contributed by atoms with van der Waals surface area (Å²) in [7, 11) is 1.64. The molecule has 0 radical (unpaired) electrons. The predicted octanol–water partition coefficient (Wildman–Crippen LogP) is 1.50. The van der Waals surface area contributed by atoms with Gasteiger partial charge < -0.3 is 15.5 Å². The van der Waals surface area contributed by atoms with Crippen molar-refractivity contribution in [2.75, 3.05) is 25.5 Å². The highest BCUT2D eigenvalue weighted by molar-refractivity contribution is 5.91. The van der Waals surface area contributed by atoms with E-state index in [2.05, 4.69) is 24.5 Å². The molecule has 0 heterocycles. The molecule has 0 fully saturated rings. The zero-order valence-electron chi connectivity index (χ0n) is 15.6. The largest absolute Gasteiger partial charge is 0.349 e. The lowest BCUT2D eigenvalue weighted by Crippen LogP contribution is -3.11. The molecule has 1 aromatic rings. The summed E-state index contributed by atoms with van der Waals surface area (Å²) in [6, 6.07) is 1.73. The number of carbonyl (C=O) groups excluding carboxylic acids is 2. The number of halogens is 3. The van der Waals surface area contributed by atoms with Crippen molar-refractivity contribution < 1.29 is 27.7 Å². The zero-order valence-corrected chi connectivity index (χ0v) is 15.6. The first-order valence-electron chi connectivity index (χ1n) is 8.64. The van der Waals surface area contributed by atoms with Crippen LogP contribution in [0.15, 0.2) is 12.1 Å². The van der Waals surface area contributed by atoms with Crippen molar-refractivity contribution in [1.29, 1.82) is 0 Å². The zero-order chi connectivity index (χ0) is 19.9. The van der Waals surface area contributed by atoms with E-state index in [4.69, 9.17) is 0 Å². The number of benzene rings is 1. The van der Waals surface area contributed by atoms with Gasteiger partial charge in [-0.25, -0.2) is 13.2 Å². The van der Waals surface area contributed by atoms with Gasteiger partial charge in [0.1, 0.15) is 0 Å². The SMILES string of the molecule is CC(C)CC[C@H](C)NC(=O)C[NH+](C)CC(=O)Nc1ccc(F)c(F)c1F. The lowest BCUT2D eigenvalue weighted by molar-refractivity contribution is -0.862. The molecule has 2 amide bonds. The molecule has 0 bridgehead atoms. The molecule has 0 aromatic heterocycles. The van der Waals surface area contributed by atoms with Crippen LogP contribution in [-0.4, -0.2) is 38.0 Å². The van der Waals surface area contributed by atoms with Crippen LogP contribution in [-0.2, 0) is 9.59 Å². The van der Waals surface area contributed by atoms with E-state index >= 15 is 0 Å². The average molecular weight is 374 g/mol. The third kappa shape index (κ3) is 7.43. The Morgan fingerprint density at radius 2 is 1.62 bits per heavy atom. The van der Waals surface area contributed by atoms with Gasteiger partial charge in [0, 0.05) is 6.04 Å². The molecule has 5 nitrogen and oxygen atoms in total. The van der Waals surface area contributed by atoms with Gasteiger partial charge in [0.05, 0.1) is 12.7 Å². The van der Waals surface area contributed by atoms with Crippen LogP contribution in [0.25, 0.3) is 0 Å². The van der Waals surface area contributed by atoms with Crippen molar-refractivity contribution in [2.45, 2.75) is 39.7 Å². The quantitative estimate of drug-likeness (QED) is 0.574. The lowest BCUT2D eigenvalue weighted by atomic mass is 10.0. The second-order valence-corrected chi connectivity index (χ2v) is 7.02. The second-order valence-electron chi connectivity index (χ2n) is 7.02. The predicted molar refractivity (Wildman–Crippen MR) is 93.2 cm³/mol. The highest BCUT2D eigenvalue weighted by Gasteiger charge is 2.19. The molecule has 1 rings (SSSR count). The number of likely N-dealkylation sites (N-methyl/N-ethyl adjacent to an activating group) is 1. The summed E-state index contributed by atoms with van der Waals surface area (Å²) >= 11 is 0. The van der Waals surface area contributed by atoms with E-state index in [0.717, 1.165) is 25.0 Å². The molecule has 1 aromatic carbocycles. The van der Waals surface area contributed by atoms with E-state index in [0.29, 0.717) is 10.8 Å². The van der Waals surface area contributed by atoms with E-state index in [1.807, 2.05) is 6.92 Å². The van der Waals surface area contributed by atoms with Crippen molar-refractivity contribution >= 4 is 17.5 Å². The Kier molecular flexibility index (Phi) is 8.57. The number of nitrogens with one attached hydrogen (secondary N) is 3. The molecule has 1 unspecified atom stereocenters. The normalized spacial score (nSPS) is 13.4. The minimum atomic E-state index is -1.64. The molecular weight excluding hydrogens is 347 g/mol. The number of hydrogen-bond acceptors (Lipinski definition) is 2. The molecule has 0 saturated heterocycles. The number of anilines is 1. The Bertz CT molecular complexity index is 638. The molecule has 0 aliphatic carbocycles. The van der Waals surface area contributed by atoms with Crippen molar-refractivity contribution in [3.8, 4) is 0 Å². The van der Waals surface area contributed by atoms with Crippen LogP contribution in [0, 0.1) is 23.4 Å². The Morgan fingerprint density at radius 3 is 2.23 bits per heavy atom. The van der Waals surface area contributed by atoms with Gasteiger partial charge >= 0.3 is 0 Å². The highest BCUT2D eigenvalue weighted by atomic mass is 19.2. The molecular formula is C18H27F3N3O2+. The van der Waals surface area contributed by atoms with Crippen molar-refractivity contribution in [1.82, 2.24) is 5.32 Å². The maximum absolute atomic E-state index is 13.5. The van der Waals surface area contributed by atoms with Gasteiger partial charge in [-0.1, -0.05) is 13.8 Å². The third-order valence-corrected chi connectivity index (χ3v) is 3.82. The monoisotopic (exact) mass is 374 g/mol. The van der Waals surface area contributed by atoms with Crippen LogP contribution < -0.4 is 15.5 Å². The standard InChI is InChI=1S/C18H26F3N3O2/c1-11(2)5-6-12(3)22-15(25)9-24(4)10-16(26)23-14-8-7-13(19)17(20)18(14)21/h7-8,11-12H,5-6,9-10H2,1-4H3,(H,22,25)(H,23,26)/p+1/t12-/m0/s1. The fraction of sp³-hybridized carbons (Fsp3) is 0.556. The Hall–Kier alpha value is -2.09. The van der Waals surface area contributed by atoms with E-state index in [1.165, 1.54) is 0 Å². The van der Waals surface area contributed by atoms with Crippen LogP contribution in [0.4, 0.5) is 18.9 Å². The van der Waals surface area contributed by atoms with Gasteiger partial charge in [0.2, 0.25) is 0 Å². The van der Waals surface area contributed by atoms with Gasteiger partial charge in [-0.15, -0.1) is 0 Å². The maximum atomic E-state index is 13.5. The number of carbonyl (C=O) groups is 2. The van der Waals surface area contributed by atoms with Crippen LogP contribution in [0.3, 0.4) is 0 Å². The van der Waals surface area contributed by atoms with E-state index in [9.17, 15) is 22.8 Å². The minimum Gasteiger partial charge on any atom is -0.349 e. The summed E-state index contributed by atoms with van der Waals surface area (Å²) < 4.78 is 39.6. The molecule has 0 spiro atoms. The summed E-state index contributed by atoms with van der Waals surface area (Å²) in [4.78, 5) is 24.5. The van der Waals surface area contributed by atoms with E-state index in [-0.39, 0.29) is 25.0 Å². The van der Waals surface area contributed by atoms with Crippen LogP contribution >= 0.6 is 0 Å². The Balaban J connectivity index is 2.45. The summed E-state index contributed by atoms with van der Waals surface area (Å²) in [5.41, 5.74) is -0.437. The van der Waals surface area contributed by atoms with Crippen molar-refractivity contribution in [3.05, 3.63) is 29.6 Å². The summed E-state index contributed by atoms with van der Waals surface area (Å²) in [5, 5.41) is 5.05. The molecule has 0 aliphatic heterocycles. The minimum absolute atomic E-state index is 0.0443. The summed E-state index contributed by atoms with van der Waals surface area (Å²) in [5.74, 6) is -4.65. The van der Waals surface area contributed by atoms with Crippen molar-refractivity contribution in [3.63, 3.8) is 0 Å².